The van der Waals surface area contributed by atoms with E-state index in [9.17, 15) is 14.5 Å². The molecule has 1 aromatic heterocycles. The maximum atomic E-state index is 13.2. The normalized spacial score (nSPS) is 11.9. The highest BCUT2D eigenvalue weighted by atomic mass is 32.2. The van der Waals surface area contributed by atoms with E-state index in [0.29, 0.717) is 10.8 Å². The van der Waals surface area contributed by atoms with E-state index in [4.69, 9.17) is 0 Å². The standard InChI is InChI=1S/C16H13FN4O2S2/c1-10(11-4-2-7-14(8-11)21(22)23)24-16-20-19-15(25-16)18-13-6-3-5-12(17)9-13/h2-10H,1H3,(H,18,19)/t10-/m1/s1. The number of nitro benzene ring substituents is 1. The lowest BCUT2D eigenvalue weighted by Gasteiger charge is -2.08. The van der Waals surface area contributed by atoms with Crippen LogP contribution < -0.4 is 5.32 Å². The fourth-order valence-electron chi connectivity index (χ4n) is 2.11. The average molecular weight is 376 g/mol. The predicted molar refractivity (Wildman–Crippen MR) is 97.0 cm³/mol. The molecule has 25 heavy (non-hydrogen) atoms. The number of nitrogens with one attached hydrogen (secondary N) is 1. The van der Waals surface area contributed by atoms with E-state index in [2.05, 4.69) is 15.5 Å². The molecule has 2 aromatic carbocycles. The summed E-state index contributed by atoms with van der Waals surface area (Å²) in [5, 5.41) is 22.6. The van der Waals surface area contributed by atoms with Gasteiger partial charge in [-0.25, -0.2) is 4.39 Å². The largest absolute Gasteiger partial charge is 0.330 e. The van der Waals surface area contributed by atoms with Gasteiger partial charge < -0.3 is 5.32 Å². The summed E-state index contributed by atoms with van der Waals surface area (Å²) in [7, 11) is 0. The number of halogens is 1. The monoisotopic (exact) mass is 376 g/mol. The molecule has 3 aromatic rings. The number of hydrogen-bond donors (Lipinski definition) is 1. The molecular formula is C16H13FN4O2S2. The zero-order valence-electron chi connectivity index (χ0n) is 13.0. The van der Waals surface area contributed by atoms with Gasteiger partial charge in [0.1, 0.15) is 5.82 Å². The molecule has 0 amide bonds. The minimum Gasteiger partial charge on any atom is -0.330 e. The predicted octanol–water partition coefficient (Wildman–Crippen LogP) is 5.18. The molecule has 0 fully saturated rings. The highest BCUT2D eigenvalue weighted by Crippen LogP contribution is 2.38. The third kappa shape index (κ3) is 4.52. The Morgan fingerprint density at radius 1 is 1.24 bits per heavy atom. The van der Waals surface area contributed by atoms with E-state index in [-0.39, 0.29) is 16.8 Å². The summed E-state index contributed by atoms with van der Waals surface area (Å²) < 4.78 is 13.9. The van der Waals surface area contributed by atoms with Crippen molar-refractivity contribution in [2.45, 2.75) is 16.5 Å². The highest BCUT2D eigenvalue weighted by Gasteiger charge is 2.15. The van der Waals surface area contributed by atoms with Gasteiger partial charge in [0.15, 0.2) is 4.34 Å². The third-order valence-electron chi connectivity index (χ3n) is 3.31. The number of anilines is 2. The highest BCUT2D eigenvalue weighted by molar-refractivity contribution is 8.01. The molecule has 3 rings (SSSR count). The number of nitro groups is 1. The van der Waals surface area contributed by atoms with Crippen LogP contribution in [0.1, 0.15) is 17.7 Å². The van der Waals surface area contributed by atoms with E-state index in [0.717, 1.165) is 9.90 Å². The van der Waals surface area contributed by atoms with Crippen LogP contribution in [-0.4, -0.2) is 15.1 Å². The van der Waals surface area contributed by atoms with Crippen LogP contribution in [0.4, 0.5) is 20.9 Å². The second-order valence-corrected chi connectivity index (χ2v) is 7.69. The van der Waals surface area contributed by atoms with Gasteiger partial charge in [-0.05, 0) is 30.7 Å². The Balaban J connectivity index is 1.68. The van der Waals surface area contributed by atoms with Crippen molar-refractivity contribution >= 4 is 39.6 Å². The van der Waals surface area contributed by atoms with Crippen molar-refractivity contribution in [2.75, 3.05) is 5.32 Å². The number of benzene rings is 2. The van der Waals surface area contributed by atoms with Gasteiger partial charge in [-0.15, -0.1) is 10.2 Å². The Morgan fingerprint density at radius 2 is 2.04 bits per heavy atom. The zero-order valence-corrected chi connectivity index (χ0v) is 14.7. The third-order valence-corrected chi connectivity index (χ3v) is 5.39. The molecule has 0 saturated heterocycles. The van der Waals surface area contributed by atoms with Crippen molar-refractivity contribution < 1.29 is 9.31 Å². The first-order valence-corrected chi connectivity index (χ1v) is 8.98. The first-order valence-electron chi connectivity index (χ1n) is 7.28. The quantitative estimate of drug-likeness (QED) is 0.363. The van der Waals surface area contributed by atoms with E-state index in [1.54, 1.807) is 24.3 Å². The molecule has 0 radical (unpaired) electrons. The van der Waals surface area contributed by atoms with Gasteiger partial charge >= 0.3 is 0 Å². The minimum absolute atomic E-state index is 0.0186. The molecule has 1 N–H and O–H groups in total. The Labute approximate surface area is 151 Å². The smallest absolute Gasteiger partial charge is 0.269 e. The van der Waals surface area contributed by atoms with Gasteiger partial charge in [0, 0.05) is 23.1 Å². The first-order chi connectivity index (χ1) is 12.0. The van der Waals surface area contributed by atoms with Crippen molar-refractivity contribution in [3.05, 3.63) is 70.0 Å². The lowest BCUT2D eigenvalue weighted by molar-refractivity contribution is -0.384. The molecule has 0 spiro atoms. The molecule has 0 aliphatic carbocycles. The summed E-state index contributed by atoms with van der Waals surface area (Å²) in [5.41, 5.74) is 1.50. The number of nitrogens with zero attached hydrogens (tertiary/aromatic N) is 3. The number of aromatic nitrogens is 2. The maximum absolute atomic E-state index is 13.2. The van der Waals surface area contributed by atoms with Crippen LogP contribution in [0.3, 0.4) is 0 Å². The average Bonchev–Trinajstić information content (AvgIpc) is 3.02. The van der Waals surface area contributed by atoms with Crippen molar-refractivity contribution in [2.24, 2.45) is 0 Å². The van der Waals surface area contributed by atoms with Crippen LogP contribution in [0.5, 0.6) is 0 Å². The maximum Gasteiger partial charge on any atom is 0.269 e. The Bertz CT molecular complexity index is 903. The van der Waals surface area contributed by atoms with Gasteiger partial charge in [-0.2, -0.15) is 0 Å². The van der Waals surface area contributed by atoms with Crippen LogP contribution >= 0.6 is 23.1 Å². The summed E-state index contributed by atoms with van der Waals surface area (Å²) in [6.45, 7) is 1.95. The first kappa shape index (κ1) is 17.3. The number of rotatable bonds is 6. The van der Waals surface area contributed by atoms with Crippen molar-refractivity contribution in [1.29, 1.82) is 0 Å². The van der Waals surface area contributed by atoms with Gasteiger partial charge in [0.05, 0.1) is 4.92 Å². The Hall–Kier alpha value is -2.52. The fraction of sp³-hybridized carbons (Fsp3) is 0.125. The Morgan fingerprint density at radius 3 is 2.80 bits per heavy atom. The number of hydrogen-bond acceptors (Lipinski definition) is 7. The number of thioether (sulfide) groups is 1. The van der Waals surface area contributed by atoms with Crippen molar-refractivity contribution in [1.82, 2.24) is 10.2 Å². The topological polar surface area (TPSA) is 81.0 Å². The molecule has 128 valence electrons. The van der Waals surface area contributed by atoms with E-state index < -0.39 is 4.92 Å². The van der Waals surface area contributed by atoms with Crippen LogP contribution in [-0.2, 0) is 0 Å². The van der Waals surface area contributed by atoms with Crippen molar-refractivity contribution in [3.8, 4) is 0 Å². The van der Waals surface area contributed by atoms with Crippen LogP contribution in [0.25, 0.3) is 0 Å². The minimum atomic E-state index is -0.410. The molecule has 0 saturated carbocycles. The summed E-state index contributed by atoms with van der Waals surface area (Å²) in [6, 6.07) is 12.6. The van der Waals surface area contributed by atoms with E-state index in [1.165, 1.54) is 41.3 Å². The van der Waals surface area contributed by atoms with Gasteiger partial charge in [-0.1, -0.05) is 41.3 Å². The van der Waals surface area contributed by atoms with E-state index >= 15 is 0 Å². The van der Waals surface area contributed by atoms with E-state index in [1.807, 2.05) is 13.0 Å². The molecule has 0 aliphatic heterocycles. The molecule has 0 bridgehead atoms. The molecule has 6 nitrogen and oxygen atoms in total. The molecular weight excluding hydrogens is 363 g/mol. The second-order valence-electron chi connectivity index (χ2n) is 5.12. The van der Waals surface area contributed by atoms with Crippen LogP contribution in [0.2, 0.25) is 0 Å². The van der Waals surface area contributed by atoms with Crippen LogP contribution in [0.15, 0.2) is 52.9 Å². The fourth-order valence-corrected chi connectivity index (χ4v) is 4.14. The summed E-state index contributed by atoms with van der Waals surface area (Å²) in [6.07, 6.45) is 0. The molecule has 1 atom stereocenters. The summed E-state index contributed by atoms with van der Waals surface area (Å²) in [5.74, 6) is -0.330. The van der Waals surface area contributed by atoms with Gasteiger partial charge in [0.2, 0.25) is 5.13 Å². The lowest BCUT2D eigenvalue weighted by atomic mass is 10.1. The number of non-ortho nitro benzene ring substituents is 1. The summed E-state index contributed by atoms with van der Waals surface area (Å²) >= 11 is 2.80. The molecule has 9 heteroatoms. The Kier molecular flexibility index (Phi) is 5.25. The van der Waals surface area contributed by atoms with Crippen molar-refractivity contribution in [3.63, 3.8) is 0 Å². The van der Waals surface area contributed by atoms with Gasteiger partial charge in [-0.3, -0.25) is 10.1 Å². The van der Waals surface area contributed by atoms with Crippen LogP contribution in [0, 0.1) is 15.9 Å². The molecule has 1 heterocycles. The molecule has 0 aliphatic rings. The second kappa shape index (κ2) is 7.58. The van der Waals surface area contributed by atoms with Gasteiger partial charge in [0.25, 0.3) is 5.69 Å². The SMILES string of the molecule is C[C@@H](Sc1nnc(Nc2cccc(F)c2)s1)c1cccc([N+](=O)[O-])c1. The molecule has 0 unspecified atom stereocenters. The summed E-state index contributed by atoms with van der Waals surface area (Å²) in [4.78, 5) is 10.5. The zero-order chi connectivity index (χ0) is 17.8. The lowest BCUT2D eigenvalue weighted by Crippen LogP contribution is -1.92.